The molecule has 29 heavy (non-hydrogen) atoms. The van der Waals surface area contributed by atoms with Crippen molar-refractivity contribution in [2.45, 2.75) is 13.3 Å². The van der Waals surface area contributed by atoms with Crippen molar-refractivity contribution in [2.24, 2.45) is 0 Å². The Bertz CT molecular complexity index is 879. The Kier molecular flexibility index (Phi) is 7.31. The first-order chi connectivity index (χ1) is 14.1. The van der Waals surface area contributed by atoms with Crippen LogP contribution in [0.4, 0.5) is 10.1 Å². The van der Waals surface area contributed by atoms with E-state index < -0.39 is 17.3 Å². The topological polar surface area (TPSA) is 85.7 Å². The second-order valence-corrected chi connectivity index (χ2v) is 6.59. The number of nitrogens with zero attached hydrogens (tertiary/aromatic N) is 3. The van der Waals surface area contributed by atoms with E-state index in [0.717, 1.165) is 44.0 Å². The third-order valence-electron chi connectivity index (χ3n) is 4.54. The minimum absolute atomic E-state index is 0.0159. The van der Waals surface area contributed by atoms with Crippen molar-refractivity contribution in [2.75, 3.05) is 51.3 Å². The Morgan fingerprint density at radius 2 is 2.00 bits per heavy atom. The number of carbonyl (C=O) groups is 1. The monoisotopic (exact) mass is 404 g/mol. The molecule has 1 aliphatic rings. The van der Waals surface area contributed by atoms with Gasteiger partial charge in [-0.3, -0.25) is 9.69 Å². The van der Waals surface area contributed by atoms with Crippen molar-refractivity contribution in [1.29, 1.82) is 0 Å². The van der Waals surface area contributed by atoms with Crippen LogP contribution in [0.1, 0.15) is 23.8 Å². The van der Waals surface area contributed by atoms with Gasteiger partial charge in [0, 0.05) is 25.7 Å². The Morgan fingerprint density at radius 3 is 2.69 bits per heavy atom. The fourth-order valence-electron chi connectivity index (χ4n) is 3.06. The molecule has 0 bridgehead atoms. The lowest BCUT2D eigenvalue weighted by atomic mass is 10.2. The molecule has 0 amide bonds. The van der Waals surface area contributed by atoms with E-state index in [2.05, 4.69) is 15.3 Å². The number of esters is 1. The van der Waals surface area contributed by atoms with E-state index in [4.69, 9.17) is 9.47 Å². The number of ether oxygens (including phenoxy) is 2. The molecule has 0 saturated carbocycles. The van der Waals surface area contributed by atoms with E-state index in [-0.39, 0.29) is 12.3 Å². The minimum Gasteiger partial charge on any atom is -0.461 e. The van der Waals surface area contributed by atoms with Crippen LogP contribution in [0.25, 0.3) is 5.69 Å². The standard InChI is InChI=1S/C20H25FN4O4/c1-2-29-20(27)19-17(22-8-3-9-24-10-12-28-13-11-24)14-18(26)25(23-19)16-6-4-15(21)5-7-16/h4-7,14,22H,2-3,8-13H2,1H3. The fourth-order valence-corrected chi connectivity index (χ4v) is 3.06. The van der Waals surface area contributed by atoms with Crippen LogP contribution in [0.15, 0.2) is 35.1 Å². The van der Waals surface area contributed by atoms with Gasteiger partial charge in [0.15, 0.2) is 5.69 Å². The normalized spacial score (nSPS) is 14.6. The smallest absolute Gasteiger partial charge is 0.360 e. The maximum absolute atomic E-state index is 13.2. The van der Waals surface area contributed by atoms with Crippen LogP contribution >= 0.6 is 0 Å². The van der Waals surface area contributed by atoms with Crippen molar-refractivity contribution in [3.8, 4) is 5.69 Å². The summed E-state index contributed by atoms with van der Waals surface area (Å²) in [7, 11) is 0. The van der Waals surface area contributed by atoms with E-state index in [1.165, 1.54) is 30.3 Å². The van der Waals surface area contributed by atoms with Gasteiger partial charge in [-0.25, -0.2) is 9.18 Å². The van der Waals surface area contributed by atoms with Crippen LogP contribution in [0.3, 0.4) is 0 Å². The average Bonchev–Trinajstić information content (AvgIpc) is 2.73. The van der Waals surface area contributed by atoms with Crippen molar-refractivity contribution in [1.82, 2.24) is 14.7 Å². The number of aromatic nitrogens is 2. The van der Waals surface area contributed by atoms with Crippen LogP contribution in [-0.4, -0.2) is 66.6 Å². The summed E-state index contributed by atoms with van der Waals surface area (Å²) in [5, 5.41) is 7.30. The lowest BCUT2D eigenvalue weighted by Gasteiger charge is -2.26. The zero-order valence-electron chi connectivity index (χ0n) is 16.4. The number of anilines is 1. The predicted octanol–water partition coefficient (Wildman–Crippen LogP) is 1.68. The van der Waals surface area contributed by atoms with Crippen molar-refractivity contribution in [3.63, 3.8) is 0 Å². The fraction of sp³-hybridized carbons (Fsp3) is 0.450. The second kappa shape index (κ2) is 10.1. The highest BCUT2D eigenvalue weighted by molar-refractivity contribution is 5.93. The van der Waals surface area contributed by atoms with Crippen LogP contribution < -0.4 is 10.9 Å². The van der Waals surface area contributed by atoms with Gasteiger partial charge in [-0.05, 0) is 44.2 Å². The zero-order chi connectivity index (χ0) is 20.6. The van der Waals surface area contributed by atoms with E-state index in [9.17, 15) is 14.0 Å². The van der Waals surface area contributed by atoms with Gasteiger partial charge in [0.05, 0.1) is 31.2 Å². The predicted molar refractivity (Wildman–Crippen MR) is 106 cm³/mol. The number of rotatable bonds is 8. The van der Waals surface area contributed by atoms with E-state index >= 15 is 0 Å². The number of morpholine rings is 1. The lowest BCUT2D eigenvalue weighted by molar-refractivity contribution is 0.0378. The Morgan fingerprint density at radius 1 is 1.28 bits per heavy atom. The summed E-state index contributed by atoms with van der Waals surface area (Å²) < 4.78 is 24.7. The molecular weight excluding hydrogens is 379 g/mol. The first kappa shape index (κ1) is 20.9. The Labute approximate surface area is 168 Å². The second-order valence-electron chi connectivity index (χ2n) is 6.59. The summed E-state index contributed by atoms with van der Waals surface area (Å²) in [6.45, 7) is 6.65. The molecule has 0 unspecified atom stereocenters. The molecule has 1 aromatic heterocycles. The molecule has 0 atom stereocenters. The van der Waals surface area contributed by atoms with Gasteiger partial charge in [-0.15, -0.1) is 0 Å². The van der Waals surface area contributed by atoms with Crippen LogP contribution in [0.5, 0.6) is 0 Å². The number of carbonyl (C=O) groups excluding carboxylic acids is 1. The van der Waals surface area contributed by atoms with Crippen molar-refractivity contribution < 1.29 is 18.7 Å². The van der Waals surface area contributed by atoms with Gasteiger partial charge in [0.2, 0.25) is 0 Å². The summed E-state index contributed by atoms with van der Waals surface area (Å²) in [4.78, 5) is 27.2. The van der Waals surface area contributed by atoms with Crippen LogP contribution in [0, 0.1) is 5.82 Å². The molecule has 2 heterocycles. The maximum Gasteiger partial charge on any atom is 0.360 e. The highest BCUT2D eigenvalue weighted by Crippen LogP contribution is 2.14. The third-order valence-corrected chi connectivity index (χ3v) is 4.54. The van der Waals surface area contributed by atoms with E-state index in [1.54, 1.807) is 6.92 Å². The molecule has 9 heteroatoms. The summed E-state index contributed by atoms with van der Waals surface area (Å²) >= 11 is 0. The summed E-state index contributed by atoms with van der Waals surface area (Å²) in [5.74, 6) is -1.05. The van der Waals surface area contributed by atoms with Gasteiger partial charge in [0.1, 0.15) is 5.82 Å². The average molecular weight is 404 g/mol. The maximum atomic E-state index is 13.2. The molecule has 3 rings (SSSR count). The largest absolute Gasteiger partial charge is 0.461 e. The van der Waals surface area contributed by atoms with Gasteiger partial charge in [-0.1, -0.05) is 0 Å². The molecule has 1 aliphatic heterocycles. The van der Waals surface area contributed by atoms with Gasteiger partial charge in [-0.2, -0.15) is 9.78 Å². The lowest BCUT2D eigenvalue weighted by Crippen LogP contribution is -2.37. The van der Waals surface area contributed by atoms with Crippen LogP contribution in [0.2, 0.25) is 0 Å². The van der Waals surface area contributed by atoms with E-state index in [1.807, 2.05) is 0 Å². The van der Waals surface area contributed by atoms with E-state index in [0.29, 0.717) is 17.9 Å². The highest BCUT2D eigenvalue weighted by atomic mass is 19.1. The molecule has 1 N–H and O–H groups in total. The minimum atomic E-state index is -0.626. The molecule has 8 nitrogen and oxygen atoms in total. The molecule has 1 aromatic carbocycles. The quantitative estimate of drug-likeness (QED) is 0.529. The molecule has 1 fully saturated rings. The summed E-state index contributed by atoms with van der Waals surface area (Å²) in [6, 6.07) is 6.62. The number of hydrogen-bond donors (Lipinski definition) is 1. The molecular formula is C20H25FN4O4. The molecule has 156 valence electrons. The first-order valence-corrected chi connectivity index (χ1v) is 9.70. The SMILES string of the molecule is CCOC(=O)c1nn(-c2ccc(F)cc2)c(=O)cc1NCCCN1CCOCC1. The highest BCUT2D eigenvalue weighted by Gasteiger charge is 2.18. The summed E-state index contributed by atoms with van der Waals surface area (Å²) in [5.41, 5.74) is 0.275. The number of halogens is 1. The molecule has 1 saturated heterocycles. The Balaban J connectivity index is 1.76. The van der Waals surface area contributed by atoms with Gasteiger partial charge >= 0.3 is 5.97 Å². The number of nitrogens with one attached hydrogen (secondary N) is 1. The molecule has 0 spiro atoms. The van der Waals surface area contributed by atoms with Crippen LogP contribution in [-0.2, 0) is 9.47 Å². The van der Waals surface area contributed by atoms with Gasteiger partial charge < -0.3 is 14.8 Å². The van der Waals surface area contributed by atoms with Crippen molar-refractivity contribution in [3.05, 3.63) is 52.2 Å². The summed E-state index contributed by atoms with van der Waals surface area (Å²) in [6.07, 6.45) is 0.837. The number of hydrogen-bond acceptors (Lipinski definition) is 7. The molecule has 0 aliphatic carbocycles. The first-order valence-electron chi connectivity index (χ1n) is 9.70. The molecule has 2 aromatic rings. The Hall–Kier alpha value is -2.78. The third kappa shape index (κ3) is 5.61. The zero-order valence-corrected chi connectivity index (χ0v) is 16.4. The number of benzene rings is 1. The molecule has 0 radical (unpaired) electrons. The van der Waals surface area contributed by atoms with Gasteiger partial charge in [0.25, 0.3) is 5.56 Å². The van der Waals surface area contributed by atoms with Crippen molar-refractivity contribution >= 4 is 11.7 Å².